The summed E-state index contributed by atoms with van der Waals surface area (Å²) >= 11 is 1.30. The highest BCUT2D eigenvalue weighted by Crippen LogP contribution is 2.29. The average molecular weight is 370 g/mol. The Balaban J connectivity index is 1.73. The molecular formula is C18H15FN4O2S. The molecule has 0 spiro atoms. The molecule has 0 atom stereocenters. The average Bonchev–Trinajstić information content (AvgIpc) is 3.25. The molecule has 1 N–H and O–H groups in total. The fourth-order valence-electron chi connectivity index (χ4n) is 2.77. The number of hydrogen-bond donors (Lipinski definition) is 1. The van der Waals surface area contributed by atoms with Gasteiger partial charge in [0.05, 0.1) is 16.0 Å². The number of furan rings is 1. The van der Waals surface area contributed by atoms with Gasteiger partial charge in [0, 0.05) is 6.07 Å². The molecule has 3 heterocycles. The molecule has 0 saturated heterocycles. The molecule has 0 aliphatic carbocycles. The van der Waals surface area contributed by atoms with Crippen molar-refractivity contribution in [3.63, 3.8) is 0 Å². The van der Waals surface area contributed by atoms with E-state index in [2.05, 4.69) is 15.4 Å². The van der Waals surface area contributed by atoms with Crippen molar-refractivity contribution in [2.45, 2.75) is 20.8 Å². The predicted octanol–water partition coefficient (Wildman–Crippen LogP) is 4.39. The predicted molar refractivity (Wildman–Crippen MR) is 97.6 cm³/mol. The molecule has 26 heavy (non-hydrogen) atoms. The summed E-state index contributed by atoms with van der Waals surface area (Å²) in [7, 11) is 0. The second-order valence-electron chi connectivity index (χ2n) is 5.95. The smallest absolute Gasteiger partial charge is 0.260 e. The van der Waals surface area contributed by atoms with Crippen LogP contribution in [0.3, 0.4) is 0 Å². The van der Waals surface area contributed by atoms with Crippen LogP contribution in [-0.2, 0) is 0 Å². The van der Waals surface area contributed by atoms with Gasteiger partial charge in [0.15, 0.2) is 0 Å². The van der Waals surface area contributed by atoms with Gasteiger partial charge in [-0.1, -0.05) is 17.4 Å². The Morgan fingerprint density at radius 2 is 2.08 bits per heavy atom. The molecule has 1 amide bonds. The molecule has 0 unspecified atom stereocenters. The van der Waals surface area contributed by atoms with Crippen LogP contribution in [-0.4, -0.2) is 20.7 Å². The third-order valence-electron chi connectivity index (χ3n) is 3.90. The van der Waals surface area contributed by atoms with Gasteiger partial charge < -0.3 is 9.73 Å². The number of aryl methyl sites for hydroxylation is 3. The monoisotopic (exact) mass is 370 g/mol. The maximum atomic E-state index is 13.9. The highest BCUT2D eigenvalue weighted by atomic mass is 32.1. The number of carbonyl (C=O) groups excluding carboxylic acids is 1. The van der Waals surface area contributed by atoms with E-state index in [1.54, 1.807) is 38.1 Å². The van der Waals surface area contributed by atoms with Crippen molar-refractivity contribution in [3.05, 3.63) is 58.9 Å². The molecule has 0 radical (unpaired) electrons. The third-order valence-corrected chi connectivity index (χ3v) is 4.89. The maximum absolute atomic E-state index is 13.9. The van der Waals surface area contributed by atoms with E-state index in [4.69, 9.17) is 4.42 Å². The molecule has 0 bridgehead atoms. The summed E-state index contributed by atoms with van der Waals surface area (Å²) in [6.07, 6.45) is 0. The number of anilines is 1. The number of carbonyl (C=O) groups is 1. The number of halogens is 1. The standard InChI is InChI=1S/C18H15FN4O2S/c1-9-7-15(20-17(24)12-8-10(2)25-11(12)3)23(22-9)18-21-16-13(19)5-4-6-14(16)26-18/h4-8H,1-3H3,(H,20,24). The maximum Gasteiger partial charge on any atom is 0.260 e. The summed E-state index contributed by atoms with van der Waals surface area (Å²) in [4.78, 5) is 16.9. The lowest BCUT2D eigenvalue weighted by atomic mass is 10.2. The first-order valence-corrected chi connectivity index (χ1v) is 8.74. The second kappa shape index (κ2) is 6.06. The summed E-state index contributed by atoms with van der Waals surface area (Å²) in [5, 5.41) is 7.70. The number of nitrogens with zero attached hydrogens (tertiary/aromatic N) is 3. The number of aromatic nitrogens is 3. The van der Waals surface area contributed by atoms with Crippen LogP contribution in [0.4, 0.5) is 10.2 Å². The minimum absolute atomic E-state index is 0.291. The number of thiazole rings is 1. The summed E-state index contributed by atoms with van der Waals surface area (Å²) in [5.41, 5.74) is 1.46. The van der Waals surface area contributed by atoms with Crippen LogP contribution in [0.15, 0.2) is 34.7 Å². The summed E-state index contributed by atoms with van der Waals surface area (Å²) < 4.78 is 21.6. The van der Waals surface area contributed by atoms with E-state index in [-0.39, 0.29) is 11.7 Å². The number of benzene rings is 1. The van der Waals surface area contributed by atoms with Crippen LogP contribution < -0.4 is 5.32 Å². The number of nitrogens with one attached hydrogen (secondary N) is 1. The fraction of sp³-hybridized carbons (Fsp3) is 0.167. The van der Waals surface area contributed by atoms with Gasteiger partial charge in [-0.25, -0.2) is 9.37 Å². The Kier molecular flexibility index (Phi) is 3.84. The molecule has 4 aromatic rings. The van der Waals surface area contributed by atoms with E-state index in [0.717, 1.165) is 0 Å². The molecule has 0 fully saturated rings. The Hall–Kier alpha value is -3.00. The van der Waals surface area contributed by atoms with Crippen LogP contribution >= 0.6 is 11.3 Å². The first kappa shape index (κ1) is 16.5. The Morgan fingerprint density at radius 3 is 2.77 bits per heavy atom. The molecule has 0 saturated carbocycles. The van der Waals surface area contributed by atoms with Gasteiger partial charge in [-0.3, -0.25) is 4.79 Å². The van der Waals surface area contributed by atoms with Gasteiger partial charge >= 0.3 is 0 Å². The second-order valence-corrected chi connectivity index (χ2v) is 6.96. The number of para-hydroxylation sites is 1. The summed E-state index contributed by atoms with van der Waals surface area (Å²) in [6, 6.07) is 8.23. The van der Waals surface area contributed by atoms with Gasteiger partial charge in [-0.2, -0.15) is 9.78 Å². The largest absolute Gasteiger partial charge is 0.466 e. The van der Waals surface area contributed by atoms with Crippen LogP contribution in [0.2, 0.25) is 0 Å². The van der Waals surface area contributed by atoms with E-state index < -0.39 is 0 Å². The lowest BCUT2D eigenvalue weighted by Gasteiger charge is -2.05. The minimum Gasteiger partial charge on any atom is -0.466 e. The third kappa shape index (κ3) is 2.78. The Labute approximate surface area is 152 Å². The topological polar surface area (TPSA) is 73.0 Å². The van der Waals surface area contributed by atoms with Crippen LogP contribution in [0, 0.1) is 26.6 Å². The van der Waals surface area contributed by atoms with Gasteiger partial charge in [0.25, 0.3) is 5.91 Å². The van der Waals surface area contributed by atoms with Crippen molar-refractivity contribution < 1.29 is 13.6 Å². The van der Waals surface area contributed by atoms with Crippen molar-refractivity contribution >= 4 is 33.3 Å². The molecule has 4 rings (SSSR count). The molecule has 132 valence electrons. The van der Waals surface area contributed by atoms with E-state index in [1.807, 2.05) is 6.92 Å². The Morgan fingerprint density at radius 1 is 1.27 bits per heavy atom. The Bertz CT molecular complexity index is 1140. The first-order chi connectivity index (χ1) is 12.4. The quantitative estimate of drug-likeness (QED) is 0.580. The molecular weight excluding hydrogens is 355 g/mol. The van der Waals surface area contributed by atoms with Gasteiger partial charge in [-0.05, 0) is 39.0 Å². The van der Waals surface area contributed by atoms with Crippen molar-refractivity contribution in [2.75, 3.05) is 5.32 Å². The van der Waals surface area contributed by atoms with Gasteiger partial charge in [-0.15, -0.1) is 0 Å². The van der Waals surface area contributed by atoms with E-state index in [0.29, 0.717) is 43.9 Å². The SMILES string of the molecule is Cc1cc(NC(=O)c2cc(C)oc2C)n(-c2nc3c(F)cccc3s2)n1. The zero-order valence-corrected chi connectivity index (χ0v) is 15.1. The van der Waals surface area contributed by atoms with Crippen LogP contribution in [0.1, 0.15) is 27.6 Å². The number of amides is 1. The van der Waals surface area contributed by atoms with Crippen molar-refractivity contribution in [2.24, 2.45) is 0 Å². The molecule has 8 heteroatoms. The minimum atomic E-state index is -0.385. The highest BCUT2D eigenvalue weighted by molar-refractivity contribution is 7.20. The van der Waals surface area contributed by atoms with Crippen LogP contribution in [0.5, 0.6) is 0 Å². The lowest BCUT2D eigenvalue weighted by molar-refractivity contribution is 0.102. The molecule has 1 aromatic carbocycles. The van der Waals surface area contributed by atoms with Gasteiger partial charge in [0.1, 0.15) is 28.7 Å². The van der Waals surface area contributed by atoms with Crippen LogP contribution in [0.25, 0.3) is 15.3 Å². The number of hydrogen-bond acceptors (Lipinski definition) is 5. The van der Waals surface area contributed by atoms with E-state index in [9.17, 15) is 9.18 Å². The van der Waals surface area contributed by atoms with Crippen molar-refractivity contribution in [3.8, 4) is 5.13 Å². The summed E-state index contributed by atoms with van der Waals surface area (Å²) in [6.45, 7) is 5.34. The van der Waals surface area contributed by atoms with E-state index in [1.165, 1.54) is 22.1 Å². The van der Waals surface area contributed by atoms with Gasteiger partial charge in [0.2, 0.25) is 5.13 Å². The normalized spacial score (nSPS) is 11.2. The molecule has 0 aliphatic heterocycles. The zero-order valence-electron chi connectivity index (χ0n) is 14.3. The highest BCUT2D eigenvalue weighted by Gasteiger charge is 2.19. The molecule has 3 aromatic heterocycles. The van der Waals surface area contributed by atoms with Crippen molar-refractivity contribution in [1.82, 2.24) is 14.8 Å². The zero-order chi connectivity index (χ0) is 18.4. The lowest BCUT2D eigenvalue weighted by Crippen LogP contribution is -2.15. The summed E-state index contributed by atoms with van der Waals surface area (Å²) in [5.74, 6) is 0.991. The molecule has 6 nitrogen and oxygen atoms in total. The van der Waals surface area contributed by atoms with Crippen molar-refractivity contribution in [1.29, 1.82) is 0 Å². The fourth-order valence-corrected chi connectivity index (χ4v) is 3.71. The van der Waals surface area contributed by atoms with E-state index >= 15 is 0 Å². The first-order valence-electron chi connectivity index (χ1n) is 7.93. The number of fused-ring (bicyclic) bond motifs is 1. The number of rotatable bonds is 3. The molecule has 0 aliphatic rings.